The Balaban J connectivity index is 1.95. The number of carbonyl (C=O) groups excluding carboxylic acids is 1. The molecule has 1 aromatic carbocycles. The van der Waals surface area contributed by atoms with Crippen LogP contribution in [0.1, 0.15) is 5.56 Å². The highest BCUT2D eigenvalue weighted by atomic mass is 16.1. The molecule has 0 radical (unpaired) electrons. The Labute approximate surface area is 128 Å². The third kappa shape index (κ3) is 4.35. The number of rotatable bonds is 5. The SMILES string of the molecule is N#C/C(=C/NCc1ccncc1)C(=O)Nc1ccc(N)cc1. The van der Waals surface area contributed by atoms with Crippen molar-refractivity contribution >= 4 is 17.3 Å². The molecule has 0 aliphatic rings. The van der Waals surface area contributed by atoms with E-state index in [1.165, 1.54) is 6.20 Å². The van der Waals surface area contributed by atoms with Crippen LogP contribution < -0.4 is 16.4 Å². The van der Waals surface area contributed by atoms with Crippen molar-refractivity contribution in [3.8, 4) is 6.07 Å². The topological polar surface area (TPSA) is 104 Å². The Morgan fingerprint density at radius 3 is 2.55 bits per heavy atom. The van der Waals surface area contributed by atoms with Gasteiger partial charge in [-0.3, -0.25) is 9.78 Å². The number of anilines is 2. The van der Waals surface area contributed by atoms with Gasteiger partial charge in [-0.15, -0.1) is 0 Å². The summed E-state index contributed by atoms with van der Waals surface area (Å²) in [5, 5.41) is 14.6. The Morgan fingerprint density at radius 1 is 1.23 bits per heavy atom. The molecule has 0 unspecified atom stereocenters. The lowest BCUT2D eigenvalue weighted by atomic mass is 10.2. The van der Waals surface area contributed by atoms with Crippen LogP contribution in [-0.2, 0) is 11.3 Å². The van der Waals surface area contributed by atoms with E-state index in [0.717, 1.165) is 5.56 Å². The van der Waals surface area contributed by atoms with E-state index in [-0.39, 0.29) is 5.57 Å². The second-order valence-corrected chi connectivity index (χ2v) is 4.48. The molecule has 0 fully saturated rings. The predicted molar refractivity (Wildman–Crippen MR) is 84.3 cm³/mol. The number of nitrogens with one attached hydrogen (secondary N) is 2. The molecule has 1 amide bonds. The van der Waals surface area contributed by atoms with Gasteiger partial charge in [-0.25, -0.2) is 0 Å². The highest BCUT2D eigenvalue weighted by molar-refractivity contribution is 6.06. The normalized spacial score (nSPS) is 10.6. The van der Waals surface area contributed by atoms with E-state index in [4.69, 9.17) is 11.0 Å². The van der Waals surface area contributed by atoms with Crippen LogP contribution in [0.25, 0.3) is 0 Å². The average molecular weight is 293 g/mol. The number of nitrogens with two attached hydrogens (primary N) is 1. The van der Waals surface area contributed by atoms with Gasteiger partial charge in [-0.2, -0.15) is 5.26 Å². The van der Waals surface area contributed by atoms with Crippen LogP contribution in [0.3, 0.4) is 0 Å². The second kappa shape index (κ2) is 7.45. The number of hydrogen-bond acceptors (Lipinski definition) is 5. The Bertz CT molecular complexity index is 702. The first-order chi connectivity index (χ1) is 10.7. The standard InChI is InChI=1S/C16H15N5O/c17-9-13(11-20-10-12-5-7-19-8-6-12)16(22)21-15-3-1-14(18)2-4-15/h1-8,11,20H,10,18H2,(H,21,22)/b13-11-. The maximum absolute atomic E-state index is 12.0. The maximum atomic E-state index is 12.0. The molecule has 22 heavy (non-hydrogen) atoms. The van der Waals surface area contributed by atoms with Gasteiger partial charge in [0.2, 0.25) is 0 Å². The van der Waals surface area contributed by atoms with Crippen molar-refractivity contribution in [2.75, 3.05) is 11.1 Å². The minimum absolute atomic E-state index is 0.00844. The number of amides is 1. The van der Waals surface area contributed by atoms with Crippen LogP contribution in [0.4, 0.5) is 11.4 Å². The molecule has 0 spiro atoms. The molecule has 0 aliphatic heterocycles. The molecule has 2 aromatic rings. The van der Waals surface area contributed by atoms with Gasteiger partial charge in [0.05, 0.1) is 0 Å². The summed E-state index contributed by atoms with van der Waals surface area (Å²) in [6, 6.07) is 12.3. The van der Waals surface area contributed by atoms with Gasteiger partial charge in [-0.1, -0.05) is 0 Å². The summed E-state index contributed by atoms with van der Waals surface area (Å²) in [6.07, 6.45) is 4.76. The fourth-order valence-corrected chi connectivity index (χ4v) is 1.69. The number of carbonyl (C=O) groups is 1. The van der Waals surface area contributed by atoms with Crippen LogP contribution in [0.5, 0.6) is 0 Å². The van der Waals surface area contributed by atoms with Crippen LogP contribution in [0.15, 0.2) is 60.6 Å². The molecular weight excluding hydrogens is 278 g/mol. The Morgan fingerprint density at radius 2 is 1.91 bits per heavy atom. The van der Waals surface area contributed by atoms with E-state index in [1.807, 2.05) is 18.2 Å². The largest absolute Gasteiger partial charge is 0.399 e. The Hall–Kier alpha value is -3.33. The molecule has 0 saturated heterocycles. The van der Waals surface area contributed by atoms with Crippen molar-refractivity contribution in [3.63, 3.8) is 0 Å². The number of aromatic nitrogens is 1. The molecule has 2 rings (SSSR count). The summed E-state index contributed by atoms with van der Waals surface area (Å²) < 4.78 is 0. The minimum Gasteiger partial charge on any atom is -0.399 e. The zero-order chi connectivity index (χ0) is 15.8. The molecule has 4 N–H and O–H groups in total. The lowest BCUT2D eigenvalue weighted by Crippen LogP contribution is -2.16. The van der Waals surface area contributed by atoms with E-state index in [2.05, 4.69) is 15.6 Å². The summed E-state index contributed by atoms with van der Waals surface area (Å²) >= 11 is 0. The zero-order valence-corrected chi connectivity index (χ0v) is 11.8. The van der Waals surface area contributed by atoms with Gasteiger partial charge in [0, 0.05) is 36.5 Å². The van der Waals surface area contributed by atoms with E-state index in [1.54, 1.807) is 36.7 Å². The molecule has 6 nitrogen and oxygen atoms in total. The highest BCUT2D eigenvalue weighted by Gasteiger charge is 2.08. The molecule has 0 aliphatic carbocycles. The second-order valence-electron chi connectivity index (χ2n) is 4.48. The van der Waals surface area contributed by atoms with Gasteiger partial charge in [-0.05, 0) is 42.0 Å². The van der Waals surface area contributed by atoms with E-state index < -0.39 is 5.91 Å². The molecule has 1 aromatic heterocycles. The van der Waals surface area contributed by atoms with Gasteiger partial charge in [0.15, 0.2) is 0 Å². The maximum Gasteiger partial charge on any atom is 0.267 e. The van der Waals surface area contributed by atoms with Gasteiger partial charge >= 0.3 is 0 Å². The number of benzene rings is 1. The van der Waals surface area contributed by atoms with Gasteiger partial charge in [0.1, 0.15) is 11.6 Å². The molecule has 6 heteroatoms. The molecule has 0 atom stereocenters. The number of pyridine rings is 1. The first-order valence-electron chi connectivity index (χ1n) is 6.58. The van der Waals surface area contributed by atoms with E-state index in [0.29, 0.717) is 17.9 Å². The molecule has 0 bridgehead atoms. The summed E-state index contributed by atoms with van der Waals surface area (Å²) in [5.41, 5.74) is 7.75. The van der Waals surface area contributed by atoms with Crippen molar-refractivity contribution in [3.05, 3.63) is 66.1 Å². The van der Waals surface area contributed by atoms with Crippen LogP contribution in [0.2, 0.25) is 0 Å². The van der Waals surface area contributed by atoms with Crippen molar-refractivity contribution in [2.45, 2.75) is 6.54 Å². The summed E-state index contributed by atoms with van der Waals surface area (Å²) in [6.45, 7) is 0.503. The summed E-state index contributed by atoms with van der Waals surface area (Å²) in [7, 11) is 0. The van der Waals surface area contributed by atoms with E-state index >= 15 is 0 Å². The first kappa shape index (κ1) is 15.1. The number of hydrogen-bond donors (Lipinski definition) is 3. The van der Waals surface area contributed by atoms with E-state index in [9.17, 15) is 4.79 Å². The fraction of sp³-hybridized carbons (Fsp3) is 0.0625. The van der Waals surface area contributed by atoms with Crippen LogP contribution in [-0.4, -0.2) is 10.9 Å². The Kier molecular flexibility index (Phi) is 5.10. The molecule has 110 valence electrons. The van der Waals surface area contributed by atoms with Crippen molar-refractivity contribution < 1.29 is 4.79 Å². The van der Waals surface area contributed by atoms with Gasteiger partial charge < -0.3 is 16.4 Å². The van der Waals surface area contributed by atoms with Gasteiger partial charge in [0.25, 0.3) is 5.91 Å². The summed E-state index contributed by atoms with van der Waals surface area (Å²) in [4.78, 5) is 15.9. The third-order valence-electron chi connectivity index (χ3n) is 2.84. The number of nitriles is 1. The molecular formula is C16H15N5O. The van der Waals surface area contributed by atoms with Crippen molar-refractivity contribution in [2.24, 2.45) is 0 Å². The number of nitrogens with zero attached hydrogens (tertiary/aromatic N) is 2. The highest BCUT2D eigenvalue weighted by Crippen LogP contribution is 2.11. The molecule has 0 saturated carbocycles. The zero-order valence-electron chi connectivity index (χ0n) is 11.8. The number of nitrogen functional groups attached to an aromatic ring is 1. The van der Waals surface area contributed by atoms with Crippen LogP contribution in [0, 0.1) is 11.3 Å². The average Bonchev–Trinajstić information content (AvgIpc) is 2.54. The summed E-state index contributed by atoms with van der Waals surface area (Å²) in [5.74, 6) is -0.477. The quantitative estimate of drug-likeness (QED) is 0.443. The minimum atomic E-state index is -0.477. The molecule has 1 heterocycles. The predicted octanol–water partition coefficient (Wildman–Crippen LogP) is 1.80. The lowest BCUT2D eigenvalue weighted by molar-refractivity contribution is -0.112. The monoisotopic (exact) mass is 293 g/mol. The first-order valence-corrected chi connectivity index (χ1v) is 6.58. The fourth-order valence-electron chi connectivity index (χ4n) is 1.69. The van der Waals surface area contributed by atoms with Crippen molar-refractivity contribution in [1.82, 2.24) is 10.3 Å². The van der Waals surface area contributed by atoms with Crippen LogP contribution >= 0.6 is 0 Å². The van der Waals surface area contributed by atoms with Crippen molar-refractivity contribution in [1.29, 1.82) is 5.26 Å². The third-order valence-corrected chi connectivity index (χ3v) is 2.84. The smallest absolute Gasteiger partial charge is 0.267 e. The lowest BCUT2D eigenvalue weighted by Gasteiger charge is -2.05.